The van der Waals surface area contributed by atoms with Crippen LogP contribution in [0.2, 0.25) is 0 Å². The standard InChI is InChI=1S/C20H31BCl2N2O3/c1-15-5-6-17(25(9-7-22)10-8-23)12-18(15)16(13-24-21-14-26)11-19(27)28-20(2,3)4/h5-6,12,14,16,21,24H,7-11,13H2,1-4H3. The van der Waals surface area contributed by atoms with Gasteiger partial charge in [0.2, 0.25) is 0 Å². The molecular formula is C20H31BCl2N2O3. The first-order valence-electron chi connectivity index (χ1n) is 9.55. The predicted molar refractivity (Wildman–Crippen MR) is 120 cm³/mol. The van der Waals surface area contributed by atoms with Gasteiger partial charge in [-0.15, -0.1) is 23.2 Å². The highest BCUT2D eigenvalue weighted by atomic mass is 35.5. The molecule has 1 unspecified atom stereocenters. The van der Waals surface area contributed by atoms with Gasteiger partial charge in [0.25, 0.3) is 7.41 Å². The minimum absolute atomic E-state index is 0.108. The van der Waals surface area contributed by atoms with Gasteiger partial charge in [-0.05, 0) is 57.5 Å². The van der Waals surface area contributed by atoms with Gasteiger partial charge >= 0.3 is 5.97 Å². The maximum absolute atomic E-state index is 12.4. The summed E-state index contributed by atoms with van der Waals surface area (Å²) in [7, 11) is 0.244. The van der Waals surface area contributed by atoms with E-state index in [2.05, 4.69) is 16.2 Å². The Bertz CT molecular complexity index is 632. The summed E-state index contributed by atoms with van der Waals surface area (Å²) in [6.45, 7) is 9.47. The van der Waals surface area contributed by atoms with Crippen LogP contribution in [0.25, 0.3) is 0 Å². The van der Waals surface area contributed by atoms with Crippen molar-refractivity contribution in [3.8, 4) is 0 Å². The van der Waals surface area contributed by atoms with Crippen molar-refractivity contribution in [1.29, 1.82) is 0 Å². The van der Waals surface area contributed by atoms with E-state index >= 15 is 0 Å². The molecule has 0 bridgehead atoms. The van der Waals surface area contributed by atoms with Gasteiger partial charge in [0, 0.05) is 36.5 Å². The van der Waals surface area contributed by atoms with Gasteiger partial charge in [-0.25, -0.2) is 0 Å². The molecule has 0 saturated heterocycles. The summed E-state index contributed by atoms with van der Waals surface area (Å²) in [6, 6.07) is 6.18. The molecule has 0 radical (unpaired) electrons. The Balaban J connectivity index is 3.13. The number of hydrogen-bond acceptors (Lipinski definition) is 5. The normalized spacial score (nSPS) is 12.4. The van der Waals surface area contributed by atoms with Gasteiger partial charge in [-0.3, -0.25) is 4.79 Å². The highest BCUT2D eigenvalue weighted by molar-refractivity contribution is 6.64. The molecule has 1 aromatic rings. The van der Waals surface area contributed by atoms with E-state index in [-0.39, 0.29) is 25.7 Å². The molecule has 5 nitrogen and oxygen atoms in total. The Labute approximate surface area is 179 Å². The van der Waals surface area contributed by atoms with Crippen LogP contribution in [0, 0.1) is 6.92 Å². The monoisotopic (exact) mass is 428 g/mol. The topological polar surface area (TPSA) is 58.6 Å². The van der Waals surface area contributed by atoms with E-state index < -0.39 is 5.60 Å². The summed E-state index contributed by atoms with van der Waals surface area (Å²) >= 11 is 11.9. The quantitative estimate of drug-likeness (QED) is 0.182. The van der Waals surface area contributed by atoms with E-state index in [1.165, 1.54) is 0 Å². The van der Waals surface area contributed by atoms with Crippen LogP contribution in [0.1, 0.15) is 44.2 Å². The Hall–Kier alpha value is -1.24. The Morgan fingerprint density at radius 3 is 2.46 bits per heavy atom. The van der Waals surface area contributed by atoms with Gasteiger partial charge in [0.1, 0.15) is 5.60 Å². The lowest BCUT2D eigenvalue weighted by Crippen LogP contribution is -2.31. The zero-order valence-corrected chi connectivity index (χ0v) is 18.8. The van der Waals surface area contributed by atoms with Gasteiger partial charge in [0.05, 0.1) is 12.6 Å². The second kappa shape index (κ2) is 12.4. The molecule has 0 aliphatic carbocycles. The molecular weight excluding hydrogens is 398 g/mol. The molecule has 1 atom stereocenters. The number of anilines is 1. The van der Waals surface area contributed by atoms with Crippen molar-refractivity contribution in [1.82, 2.24) is 5.23 Å². The zero-order chi connectivity index (χ0) is 21.2. The van der Waals surface area contributed by atoms with E-state index in [0.717, 1.165) is 23.0 Å². The Morgan fingerprint density at radius 1 is 1.29 bits per heavy atom. The number of nitrogens with one attached hydrogen (secondary N) is 1. The number of nitrogens with zero attached hydrogens (tertiary/aromatic N) is 1. The molecule has 0 aromatic heterocycles. The molecule has 0 aliphatic heterocycles. The van der Waals surface area contributed by atoms with Crippen LogP contribution in [0.4, 0.5) is 5.69 Å². The molecule has 0 amide bonds. The third-order valence-corrected chi connectivity index (χ3v) is 4.57. The molecule has 0 fully saturated rings. The number of halogens is 2. The van der Waals surface area contributed by atoms with E-state index in [1.54, 1.807) is 0 Å². The molecule has 0 spiro atoms. The predicted octanol–water partition coefficient (Wildman–Crippen LogP) is 3.23. The zero-order valence-electron chi connectivity index (χ0n) is 17.3. The van der Waals surface area contributed by atoms with E-state index in [4.69, 9.17) is 27.9 Å². The lowest BCUT2D eigenvalue weighted by molar-refractivity contribution is -0.155. The highest BCUT2D eigenvalue weighted by Crippen LogP contribution is 2.29. The molecule has 1 rings (SSSR count). The van der Waals surface area contributed by atoms with Crippen molar-refractivity contribution in [3.63, 3.8) is 0 Å². The van der Waals surface area contributed by atoms with Gasteiger partial charge in [-0.2, -0.15) is 0 Å². The summed E-state index contributed by atoms with van der Waals surface area (Å²) in [5.41, 5.74) is 2.62. The SMILES string of the molecule is Cc1ccc(N(CCCl)CCCl)cc1C(CNBC=O)CC(=O)OC(C)(C)C. The van der Waals surface area contributed by atoms with Crippen LogP contribution in [0.15, 0.2) is 18.2 Å². The maximum atomic E-state index is 12.4. The summed E-state index contributed by atoms with van der Waals surface area (Å²) in [6.07, 6.45) is 1.05. The first-order chi connectivity index (χ1) is 13.2. The number of carbonyl (C=O) groups excluding carboxylic acids is 2. The Morgan fingerprint density at radius 2 is 1.93 bits per heavy atom. The van der Waals surface area contributed by atoms with Crippen LogP contribution in [0.3, 0.4) is 0 Å². The number of alkyl halides is 2. The van der Waals surface area contributed by atoms with Crippen LogP contribution in [0.5, 0.6) is 0 Å². The number of hydrogen-bond donors (Lipinski definition) is 1. The molecule has 1 N–H and O–H groups in total. The van der Waals surface area contributed by atoms with Crippen LogP contribution >= 0.6 is 23.2 Å². The maximum Gasteiger partial charge on any atom is 0.306 e. The summed E-state index contributed by atoms with van der Waals surface area (Å²) in [5, 5.41) is 3.10. The lowest BCUT2D eigenvalue weighted by Gasteiger charge is -2.27. The van der Waals surface area contributed by atoms with Crippen molar-refractivity contribution in [2.75, 3.05) is 36.3 Å². The minimum atomic E-state index is -0.535. The molecule has 0 saturated carbocycles. The molecule has 0 heterocycles. The van der Waals surface area contributed by atoms with E-state index in [9.17, 15) is 9.59 Å². The number of esters is 1. The second-order valence-corrected chi connectivity index (χ2v) is 8.47. The van der Waals surface area contributed by atoms with Crippen molar-refractivity contribution < 1.29 is 14.3 Å². The van der Waals surface area contributed by atoms with Crippen molar-refractivity contribution >= 4 is 48.5 Å². The molecule has 28 heavy (non-hydrogen) atoms. The summed E-state index contributed by atoms with van der Waals surface area (Å²) in [5.74, 6) is 0.641. The van der Waals surface area contributed by atoms with Crippen molar-refractivity contribution in [2.24, 2.45) is 0 Å². The van der Waals surface area contributed by atoms with Crippen LogP contribution in [-0.4, -0.2) is 56.6 Å². The molecule has 1 aromatic carbocycles. The highest BCUT2D eigenvalue weighted by Gasteiger charge is 2.23. The van der Waals surface area contributed by atoms with Gasteiger partial charge < -0.3 is 19.7 Å². The fourth-order valence-corrected chi connectivity index (χ4v) is 3.44. The summed E-state index contributed by atoms with van der Waals surface area (Å²) in [4.78, 5) is 25.3. The lowest BCUT2D eigenvalue weighted by atomic mass is 9.88. The third kappa shape index (κ3) is 8.85. The number of rotatable bonds is 12. The van der Waals surface area contributed by atoms with Gasteiger partial charge in [0.15, 0.2) is 0 Å². The van der Waals surface area contributed by atoms with Crippen LogP contribution < -0.4 is 10.1 Å². The van der Waals surface area contributed by atoms with Crippen LogP contribution in [-0.2, 0) is 14.3 Å². The smallest absolute Gasteiger partial charge is 0.306 e. The van der Waals surface area contributed by atoms with Crippen molar-refractivity contribution in [2.45, 2.75) is 45.6 Å². The fourth-order valence-electron chi connectivity index (χ4n) is 3.03. The molecule has 156 valence electrons. The van der Waals surface area contributed by atoms with E-state index in [1.807, 2.05) is 39.8 Å². The van der Waals surface area contributed by atoms with Gasteiger partial charge in [-0.1, -0.05) is 6.07 Å². The minimum Gasteiger partial charge on any atom is -0.460 e. The Kier molecular flexibility index (Phi) is 10.9. The molecule has 0 aliphatic rings. The third-order valence-electron chi connectivity index (χ3n) is 4.23. The fraction of sp³-hybridized carbons (Fsp3) is 0.600. The average molecular weight is 429 g/mol. The van der Waals surface area contributed by atoms with Crippen molar-refractivity contribution in [3.05, 3.63) is 29.3 Å². The van der Waals surface area contributed by atoms with E-state index in [0.29, 0.717) is 31.4 Å². The average Bonchev–Trinajstić information content (AvgIpc) is 2.60. The number of carbonyl (C=O) groups is 2. The number of aryl methyl sites for hydroxylation is 1. The first-order valence-corrected chi connectivity index (χ1v) is 10.6. The second-order valence-electron chi connectivity index (χ2n) is 7.72. The number of benzene rings is 1. The number of ether oxygens (including phenoxy) is 1. The largest absolute Gasteiger partial charge is 0.460 e. The first kappa shape index (κ1) is 24.8. The molecule has 8 heteroatoms. The summed E-state index contributed by atoms with van der Waals surface area (Å²) < 4.78 is 5.51.